The first-order valence-corrected chi connectivity index (χ1v) is 7.27. The number of aliphatic carboxylic acids is 1. The zero-order valence-corrected chi connectivity index (χ0v) is 13.2. The van der Waals surface area contributed by atoms with Crippen LogP contribution in [0.3, 0.4) is 0 Å². The third-order valence-corrected chi connectivity index (χ3v) is 3.45. The van der Waals surface area contributed by atoms with E-state index in [0.717, 1.165) is 5.75 Å². The van der Waals surface area contributed by atoms with Crippen LogP contribution in [0.4, 0.5) is 0 Å². The van der Waals surface area contributed by atoms with Crippen molar-refractivity contribution in [3.8, 4) is 11.5 Å². The van der Waals surface area contributed by atoms with E-state index in [1.54, 1.807) is 38.3 Å². The summed E-state index contributed by atoms with van der Waals surface area (Å²) in [6.07, 6.45) is 0.784. The highest BCUT2D eigenvalue weighted by atomic mass is 16.5. The number of hydrogen-bond donors (Lipinski definition) is 2. The predicted molar refractivity (Wildman–Crippen MR) is 82.1 cm³/mol. The summed E-state index contributed by atoms with van der Waals surface area (Å²) in [5.41, 5.74) is 0. The fraction of sp³-hybridized carbons (Fsp3) is 0.500. The van der Waals surface area contributed by atoms with Crippen LogP contribution in [0.1, 0.15) is 26.7 Å². The van der Waals surface area contributed by atoms with Gasteiger partial charge < -0.3 is 19.9 Å². The molecule has 2 N–H and O–H groups in total. The van der Waals surface area contributed by atoms with Crippen LogP contribution in [-0.2, 0) is 9.59 Å². The van der Waals surface area contributed by atoms with Gasteiger partial charge in [-0.05, 0) is 30.2 Å². The molecule has 1 rings (SSSR count). The summed E-state index contributed by atoms with van der Waals surface area (Å²) in [5, 5.41) is 11.7. The lowest BCUT2D eigenvalue weighted by Gasteiger charge is -2.20. The predicted octanol–water partition coefficient (Wildman–Crippen LogP) is 2.08. The number of carboxylic acids is 1. The van der Waals surface area contributed by atoms with Gasteiger partial charge in [0.2, 0.25) is 5.91 Å². The normalized spacial score (nSPS) is 13.0. The summed E-state index contributed by atoms with van der Waals surface area (Å²) in [5.74, 6) is -0.114. The van der Waals surface area contributed by atoms with Gasteiger partial charge in [-0.2, -0.15) is 0 Å². The molecule has 6 heteroatoms. The van der Waals surface area contributed by atoms with Crippen LogP contribution in [0.25, 0.3) is 0 Å². The molecule has 22 heavy (non-hydrogen) atoms. The van der Waals surface area contributed by atoms with Gasteiger partial charge in [0.25, 0.3) is 0 Å². The second-order valence-corrected chi connectivity index (χ2v) is 5.04. The van der Waals surface area contributed by atoms with E-state index in [1.165, 1.54) is 0 Å². The lowest BCUT2D eigenvalue weighted by Crippen LogP contribution is -2.45. The fourth-order valence-electron chi connectivity index (χ4n) is 1.86. The van der Waals surface area contributed by atoms with E-state index >= 15 is 0 Å². The van der Waals surface area contributed by atoms with Gasteiger partial charge in [0.1, 0.15) is 17.5 Å². The lowest BCUT2D eigenvalue weighted by molar-refractivity contribution is -0.143. The third-order valence-electron chi connectivity index (χ3n) is 3.45. The summed E-state index contributed by atoms with van der Waals surface area (Å²) in [6.45, 7) is 3.87. The molecular formula is C16H23NO5. The molecule has 0 heterocycles. The van der Waals surface area contributed by atoms with Crippen molar-refractivity contribution in [3.05, 3.63) is 24.3 Å². The van der Waals surface area contributed by atoms with Crippen molar-refractivity contribution in [2.45, 2.75) is 32.7 Å². The average Bonchev–Trinajstić information content (AvgIpc) is 2.52. The molecule has 122 valence electrons. The molecule has 0 aliphatic heterocycles. The van der Waals surface area contributed by atoms with E-state index in [-0.39, 0.29) is 24.9 Å². The highest BCUT2D eigenvalue weighted by molar-refractivity contribution is 5.83. The average molecular weight is 309 g/mol. The first-order valence-electron chi connectivity index (χ1n) is 7.27. The molecule has 0 aliphatic carbocycles. The van der Waals surface area contributed by atoms with Gasteiger partial charge in [-0.1, -0.05) is 20.3 Å². The van der Waals surface area contributed by atoms with E-state index in [9.17, 15) is 9.59 Å². The highest BCUT2D eigenvalue weighted by Gasteiger charge is 2.24. The van der Waals surface area contributed by atoms with Gasteiger partial charge in [0, 0.05) is 0 Å². The standard InChI is InChI=1S/C16H23NO5/c1-4-11(2)15(16(19)20)17-14(18)9-10-22-13-7-5-12(21-3)6-8-13/h5-8,11,15H,4,9-10H2,1-3H3,(H,17,18)(H,19,20). The number of rotatable bonds is 9. The van der Waals surface area contributed by atoms with Gasteiger partial charge in [0.05, 0.1) is 20.1 Å². The Morgan fingerprint density at radius 1 is 1.23 bits per heavy atom. The summed E-state index contributed by atoms with van der Waals surface area (Å²) < 4.78 is 10.5. The van der Waals surface area contributed by atoms with Crippen LogP contribution >= 0.6 is 0 Å². The molecule has 0 saturated heterocycles. The Bertz CT molecular complexity index is 486. The Hall–Kier alpha value is -2.24. The summed E-state index contributed by atoms with van der Waals surface area (Å²) >= 11 is 0. The maximum atomic E-state index is 11.8. The molecule has 6 nitrogen and oxygen atoms in total. The number of nitrogens with one attached hydrogen (secondary N) is 1. The molecule has 0 aromatic heterocycles. The summed E-state index contributed by atoms with van der Waals surface area (Å²) in [6, 6.07) is 6.15. The van der Waals surface area contributed by atoms with Crippen molar-refractivity contribution in [2.75, 3.05) is 13.7 Å². The Morgan fingerprint density at radius 2 is 1.82 bits per heavy atom. The van der Waals surface area contributed by atoms with Crippen LogP contribution in [-0.4, -0.2) is 36.7 Å². The SMILES string of the molecule is CCC(C)C(NC(=O)CCOc1ccc(OC)cc1)C(=O)O. The van der Waals surface area contributed by atoms with Gasteiger partial charge in [0.15, 0.2) is 0 Å². The number of carbonyl (C=O) groups is 2. The molecule has 1 aromatic carbocycles. The quantitative estimate of drug-likeness (QED) is 0.729. The molecule has 0 radical (unpaired) electrons. The second-order valence-electron chi connectivity index (χ2n) is 5.04. The number of ether oxygens (including phenoxy) is 2. The molecule has 0 fully saturated rings. The van der Waals surface area contributed by atoms with Crippen molar-refractivity contribution in [1.82, 2.24) is 5.32 Å². The zero-order valence-electron chi connectivity index (χ0n) is 13.2. The van der Waals surface area contributed by atoms with Crippen molar-refractivity contribution in [2.24, 2.45) is 5.92 Å². The highest BCUT2D eigenvalue weighted by Crippen LogP contribution is 2.17. The third kappa shape index (κ3) is 5.63. The Morgan fingerprint density at radius 3 is 2.32 bits per heavy atom. The van der Waals surface area contributed by atoms with E-state index < -0.39 is 12.0 Å². The Kier molecular flexibility index (Phi) is 7.22. The monoisotopic (exact) mass is 309 g/mol. The van der Waals surface area contributed by atoms with Gasteiger partial charge in [-0.3, -0.25) is 4.79 Å². The van der Waals surface area contributed by atoms with Crippen LogP contribution < -0.4 is 14.8 Å². The van der Waals surface area contributed by atoms with E-state index in [1.807, 2.05) is 6.92 Å². The summed E-state index contributed by atoms with van der Waals surface area (Å²) in [4.78, 5) is 22.9. The van der Waals surface area contributed by atoms with E-state index in [0.29, 0.717) is 12.2 Å². The maximum absolute atomic E-state index is 11.8. The molecule has 0 aliphatic rings. The number of carbonyl (C=O) groups excluding carboxylic acids is 1. The fourth-order valence-corrected chi connectivity index (χ4v) is 1.86. The van der Waals surface area contributed by atoms with Crippen LogP contribution in [0.5, 0.6) is 11.5 Å². The van der Waals surface area contributed by atoms with Crippen LogP contribution in [0.2, 0.25) is 0 Å². The molecule has 0 spiro atoms. The van der Waals surface area contributed by atoms with Gasteiger partial charge >= 0.3 is 5.97 Å². The largest absolute Gasteiger partial charge is 0.497 e. The second kappa shape index (κ2) is 8.92. The van der Waals surface area contributed by atoms with Crippen molar-refractivity contribution < 1.29 is 24.2 Å². The number of hydrogen-bond acceptors (Lipinski definition) is 4. The molecule has 0 saturated carbocycles. The van der Waals surface area contributed by atoms with Gasteiger partial charge in [-0.15, -0.1) is 0 Å². The van der Waals surface area contributed by atoms with E-state index in [2.05, 4.69) is 5.32 Å². The van der Waals surface area contributed by atoms with Crippen molar-refractivity contribution in [3.63, 3.8) is 0 Å². The number of methoxy groups -OCH3 is 1. The molecule has 0 bridgehead atoms. The van der Waals surface area contributed by atoms with Gasteiger partial charge in [-0.25, -0.2) is 4.79 Å². The van der Waals surface area contributed by atoms with Crippen LogP contribution in [0, 0.1) is 5.92 Å². The number of carboxylic acid groups (broad SMARTS) is 1. The Balaban J connectivity index is 2.39. The molecule has 2 unspecified atom stereocenters. The number of amides is 1. The van der Waals surface area contributed by atoms with Crippen molar-refractivity contribution >= 4 is 11.9 Å². The first-order chi connectivity index (χ1) is 10.5. The minimum Gasteiger partial charge on any atom is -0.497 e. The molecule has 1 aromatic rings. The summed E-state index contributed by atoms with van der Waals surface area (Å²) in [7, 11) is 1.58. The molecule has 2 atom stereocenters. The Labute approximate surface area is 130 Å². The maximum Gasteiger partial charge on any atom is 0.326 e. The zero-order chi connectivity index (χ0) is 16.5. The minimum absolute atomic E-state index is 0.103. The van der Waals surface area contributed by atoms with Crippen molar-refractivity contribution in [1.29, 1.82) is 0 Å². The molecule has 1 amide bonds. The minimum atomic E-state index is -1.02. The first kappa shape index (κ1) is 17.8. The topological polar surface area (TPSA) is 84.9 Å². The lowest BCUT2D eigenvalue weighted by atomic mass is 9.99. The van der Waals surface area contributed by atoms with E-state index in [4.69, 9.17) is 14.6 Å². The number of benzene rings is 1. The van der Waals surface area contributed by atoms with Crippen LogP contribution in [0.15, 0.2) is 24.3 Å². The molecular weight excluding hydrogens is 286 g/mol. The smallest absolute Gasteiger partial charge is 0.326 e.